The number of benzene rings is 2. The van der Waals surface area contributed by atoms with Crippen LogP contribution in [-0.4, -0.2) is 14.2 Å². The van der Waals surface area contributed by atoms with Gasteiger partial charge in [-0.05, 0) is 35.9 Å². The fourth-order valence-electron chi connectivity index (χ4n) is 2.03. The third kappa shape index (κ3) is 3.01. The molecule has 4 nitrogen and oxygen atoms in total. The molecule has 0 aliphatic heterocycles. The molecular formula is C16H17N3O. The minimum Gasteiger partial charge on any atom is -0.497 e. The van der Waals surface area contributed by atoms with E-state index >= 15 is 0 Å². The molecule has 0 aliphatic carbocycles. The topological polar surface area (TPSA) is 62.3 Å². The average molecular weight is 267 g/mol. The van der Waals surface area contributed by atoms with Crippen LogP contribution in [0.5, 0.6) is 5.75 Å². The van der Waals surface area contributed by atoms with Crippen LogP contribution >= 0.6 is 0 Å². The molecular weight excluding hydrogens is 250 g/mol. The maximum atomic E-state index is 8.96. The zero-order valence-electron chi connectivity index (χ0n) is 11.6. The second kappa shape index (κ2) is 5.98. The highest BCUT2D eigenvalue weighted by atomic mass is 16.5. The van der Waals surface area contributed by atoms with Gasteiger partial charge in [-0.1, -0.05) is 12.1 Å². The van der Waals surface area contributed by atoms with Gasteiger partial charge in [0.1, 0.15) is 5.75 Å². The summed E-state index contributed by atoms with van der Waals surface area (Å²) in [6.45, 7) is 0.711. The molecule has 102 valence electrons. The Morgan fingerprint density at radius 3 is 2.50 bits per heavy atom. The van der Waals surface area contributed by atoms with E-state index in [1.54, 1.807) is 25.3 Å². The molecule has 0 unspecified atom stereocenters. The molecule has 2 N–H and O–H groups in total. The van der Waals surface area contributed by atoms with Crippen molar-refractivity contribution >= 4 is 11.4 Å². The Kier molecular flexibility index (Phi) is 4.11. The molecule has 0 heterocycles. The standard InChI is InChI=1S/C16H17N3O/c1-19(11-12-3-6-14(20-2)7-4-12)16-9-13(10-17)5-8-15(16)18/h3-9H,11,18H2,1-2H3. The van der Waals surface area contributed by atoms with E-state index in [2.05, 4.69) is 6.07 Å². The van der Waals surface area contributed by atoms with Crippen molar-refractivity contribution in [3.8, 4) is 11.8 Å². The largest absolute Gasteiger partial charge is 0.497 e. The third-order valence-corrected chi connectivity index (χ3v) is 3.15. The lowest BCUT2D eigenvalue weighted by atomic mass is 10.1. The van der Waals surface area contributed by atoms with Crippen LogP contribution in [0.25, 0.3) is 0 Å². The minimum absolute atomic E-state index is 0.607. The van der Waals surface area contributed by atoms with Gasteiger partial charge in [-0.15, -0.1) is 0 Å². The molecule has 0 aromatic heterocycles. The average Bonchev–Trinajstić information content (AvgIpc) is 2.48. The number of hydrogen-bond donors (Lipinski definition) is 1. The smallest absolute Gasteiger partial charge is 0.118 e. The van der Waals surface area contributed by atoms with Crippen molar-refractivity contribution in [3.63, 3.8) is 0 Å². The van der Waals surface area contributed by atoms with Crippen molar-refractivity contribution in [1.29, 1.82) is 5.26 Å². The van der Waals surface area contributed by atoms with E-state index in [0.717, 1.165) is 17.0 Å². The van der Waals surface area contributed by atoms with Gasteiger partial charge in [0.15, 0.2) is 0 Å². The Morgan fingerprint density at radius 1 is 1.20 bits per heavy atom. The molecule has 0 fully saturated rings. The predicted molar refractivity (Wildman–Crippen MR) is 80.7 cm³/mol. The SMILES string of the molecule is COc1ccc(CN(C)c2cc(C#N)ccc2N)cc1. The van der Waals surface area contributed by atoms with Gasteiger partial charge in [-0.25, -0.2) is 0 Å². The Hall–Kier alpha value is -2.67. The number of anilines is 2. The summed E-state index contributed by atoms with van der Waals surface area (Å²) < 4.78 is 5.14. The minimum atomic E-state index is 0.607. The number of nitrogens with zero attached hydrogens (tertiary/aromatic N) is 2. The van der Waals surface area contributed by atoms with Crippen LogP contribution in [0.4, 0.5) is 11.4 Å². The Morgan fingerprint density at radius 2 is 1.90 bits per heavy atom. The van der Waals surface area contributed by atoms with E-state index in [1.165, 1.54) is 0 Å². The fraction of sp³-hybridized carbons (Fsp3) is 0.188. The van der Waals surface area contributed by atoms with Crippen LogP contribution in [0.15, 0.2) is 42.5 Å². The zero-order chi connectivity index (χ0) is 14.5. The maximum absolute atomic E-state index is 8.96. The van der Waals surface area contributed by atoms with Crippen molar-refractivity contribution in [2.75, 3.05) is 24.8 Å². The second-order valence-electron chi connectivity index (χ2n) is 4.59. The van der Waals surface area contributed by atoms with Crippen LogP contribution in [0.2, 0.25) is 0 Å². The molecule has 0 aliphatic rings. The predicted octanol–water partition coefficient (Wildman–Crippen LogP) is 2.79. The van der Waals surface area contributed by atoms with E-state index in [0.29, 0.717) is 17.8 Å². The molecule has 0 spiro atoms. The molecule has 4 heteroatoms. The number of ether oxygens (including phenoxy) is 1. The fourth-order valence-corrected chi connectivity index (χ4v) is 2.03. The molecule has 2 rings (SSSR count). The maximum Gasteiger partial charge on any atom is 0.118 e. The number of methoxy groups -OCH3 is 1. The number of nitrogens with two attached hydrogens (primary N) is 1. The summed E-state index contributed by atoms with van der Waals surface area (Å²) in [6.07, 6.45) is 0. The number of rotatable bonds is 4. The molecule has 2 aromatic carbocycles. The summed E-state index contributed by atoms with van der Waals surface area (Å²) in [6, 6.07) is 15.3. The first kappa shape index (κ1) is 13.8. The molecule has 0 bridgehead atoms. The van der Waals surface area contributed by atoms with E-state index in [9.17, 15) is 0 Å². The normalized spacial score (nSPS) is 9.85. The lowest BCUT2D eigenvalue weighted by Gasteiger charge is -2.21. The molecule has 20 heavy (non-hydrogen) atoms. The van der Waals surface area contributed by atoms with Gasteiger partial charge in [0.2, 0.25) is 0 Å². The first-order chi connectivity index (χ1) is 9.63. The van der Waals surface area contributed by atoms with Gasteiger partial charge < -0.3 is 15.4 Å². The van der Waals surface area contributed by atoms with Crippen LogP contribution < -0.4 is 15.4 Å². The van der Waals surface area contributed by atoms with Crippen LogP contribution in [0.3, 0.4) is 0 Å². The van der Waals surface area contributed by atoms with Gasteiger partial charge in [-0.3, -0.25) is 0 Å². The Balaban J connectivity index is 2.18. The monoisotopic (exact) mass is 267 g/mol. The summed E-state index contributed by atoms with van der Waals surface area (Å²) in [5.41, 5.74) is 9.26. The number of nitriles is 1. The van der Waals surface area contributed by atoms with E-state index in [-0.39, 0.29) is 0 Å². The molecule has 2 aromatic rings. The molecule has 0 radical (unpaired) electrons. The molecule has 0 saturated heterocycles. The van der Waals surface area contributed by atoms with E-state index < -0.39 is 0 Å². The lowest BCUT2D eigenvalue weighted by Crippen LogP contribution is -2.17. The summed E-state index contributed by atoms with van der Waals surface area (Å²) >= 11 is 0. The van der Waals surface area contributed by atoms with Gasteiger partial charge in [-0.2, -0.15) is 5.26 Å². The summed E-state index contributed by atoms with van der Waals surface area (Å²) in [4.78, 5) is 2.03. The third-order valence-electron chi connectivity index (χ3n) is 3.15. The van der Waals surface area contributed by atoms with Gasteiger partial charge in [0.05, 0.1) is 30.1 Å². The van der Waals surface area contributed by atoms with Crippen molar-refractivity contribution < 1.29 is 4.74 Å². The molecule has 0 amide bonds. The van der Waals surface area contributed by atoms with Gasteiger partial charge in [0.25, 0.3) is 0 Å². The van der Waals surface area contributed by atoms with E-state index in [1.807, 2.05) is 36.2 Å². The van der Waals surface area contributed by atoms with Crippen LogP contribution in [0, 0.1) is 11.3 Å². The van der Waals surface area contributed by atoms with Crippen LogP contribution in [0.1, 0.15) is 11.1 Å². The highest BCUT2D eigenvalue weighted by Crippen LogP contribution is 2.25. The first-order valence-electron chi connectivity index (χ1n) is 6.27. The van der Waals surface area contributed by atoms with E-state index in [4.69, 9.17) is 15.7 Å². The zero-order valence-corrected chi connectivity index (χ0v) is 11.6. The Bertz CT molecular complexity index is 629. The summed E-state index contributed by atoms with van der Waals surface area (Å²) in [7, 11) is 3.60. The van der Waals surface area contributed by atoms with Crippen molar-refractivity contribution in [1.82, 2.24) is 0 Å². The van der Waals surface area contributed by atoms with Gasteiger partial charge in [0, 0.05) is 13.6 Å². The van der Waals surface area contributed by atoms with Crippen molar-refractivity contribution in [3.05, 3.63) is 53.6 Å². The number of nitrogen functional groups attached to an aromatic ring is 1. The Labute approximate surface area is 119 Å². The van der Waals surface area contributed by atoms with Crippen molar-refractivity contribution in [2.45, 2.75) is 6.54 Å². The lowest BCUT2D eigenvalue weighted by molar-refractivity contribution is 0.414. The number of hydrogen-bond acceptors (Lipinski definition) is 4. The second-order valence-corrected chi connectivity index (χ2v) is 4.59. The van der Waals surface area contributed by atoms with Gasteiger partial charge >= 0.3 is 0 Å². The molecule has 0 saturated carbocycles. The summed E-state index contributed by atoms with van der Waals surface area (Å²) in [5.74, 6) is 0.836. The van der Waals surface area contributed by atoms with Crippen molar-refractivity contribution in [2.24, 2.45) is 0 Å². The van der Waals surface area contributed by atoms with Crippen LogP contribution in [-0.2, 0) is 6.54 Å². The highest BCUT2D eigenvalue weighted by molar-refractivity contribution is 5.69. The quantitative estimate of drug-likeness (QED) is 0.865. The summed E-state index contributed by atoms with van der Waals surface area (Å²) in [5, 5.41) is 8.96. The highest BCUT2D eigenvalue weighted by Gasteiger charge is 2.07. The molecule has 0 atom stereocenters. The first-order valence-corrected chi connectivity index (χ1v) is 6.27.